The van der Waals surface area contributed by atoms with Crippen LogP contribution in [0.5, 0.6) is 0 Å². The van der Waals surface area contributed by atoms with E-state index in [-0.39, 0.29) is 0 Å². The number of rotatable bonds is 11. The van der Waals surface area contributed by atoms with Crippen LogP contribution in [0.25, 0.3) is 5.57 Å². The van der Waals surface area contributed by atoms with Crippen molar-refractivity contribution in [3.8, 4) is 0 Å². The van der Waals surface area contributed by atoms with E-state index in [1.807, 2.05) is 0 Å². The molecule has 1 fully saturated rings. The maximum atomic E-state index is 2.52. The van der Waals surface area contributed by atoms with Crippen molar-refractivity contribution in [2.24, 2.45) is 17.8 Å². The highest BCUT2D eigenvalue weighted by Gasteiger charge is 2.26. The van der Waals surface area contributed by atoms with Gasteiger partial charge < -0.3 is 0 Å². The summed E-state index contributed by atoms with van der Waals surface area (Å²) in [5.74, 6) is 2.75. The van der Waals surface area contributed by atoms with E-state index < -0.39 is 0 Å². The Balaban J connectivity index is 1.28. The van der Waals surface area contributed by atoms with Gasteiger partial charge in [-0.3, -0.25) is 0 Å². The Hall–Kier alpha value is -1.30. The fourth-order valence-electron chi connectivity index (χ4n) is 5.30. The third-order valence-electron chi connectivity index (χ3n) is 7.20. The lowest BCUT2D eigenvalue weighted by Crippen LogP contribution is -2.21. The van der Waals surface area contributed by atoms with Gasteiger partial charge in [-0.15, -0.1) is 0 Å². The number of unbranched alkanes of at least 4 members (excludes halogenated alkanes) is 7. The normalized spacial score (nSPS) is 24.9. The number of allylic oxidation sites excluding steroid dienone is 4. The zero-order valence-electron chi connectivity index (χ0n) is 18.3. The zero-order valence-corrected chi connectivity index (χ0v) is 18.3. The van der Waals surface area contributed by atoms with Crippen LogP contribution in [0.3, 0.4) is 0 Å². The SMILES string of the molecule is CCCCCCCCCC[C@H]1CC[C@H](C2C=CC(c3ccccc3)=CC2)CC1. The quantitative estimate of drug-likeness (QED) is 0.337. The second kappa shape index (κ2) is 12.3. The van der Waals surface area contributed by atoms with Crippen LogP contribution in [0.15, 0.2) is 48.6 Å². The molecule has 0 spiro atoms. The molecule has 0 amide bonds. The highest BCUT2D eigenvalue weighted by Crippen LogP contribution is 2.39. The maximum Gasteiger partial charge on any atom is -0.0167 e. The number of benzene rings is 1. The number of hydrogen-bond acceptors (Lipinski definition) is 0. The van der Waals surface area contributed by atoms with E-state index in [1.165, 1.54) is 101 Å². The third kappa shape index (κ3) is 6.94. The molecule has 1 aromatic rings. The zero-order chi connectivity index (χ0) is 19.4. The van der Waals surface area contributed by atoms with Crippen molar-refractivity contribution >= 4 is 5.57 Å². The second-order valence-corrected chi connectivity index (χ2v) is 9.33. The molecular weight excluding hydrogens is 336 g/mol. The van der Waals surface area contributed by atoms with Crippen molar-refractivity contribution < 1.29 is 0 Å². The molecule has 0 heteroatoms. The van der Waals surface area contributed by atoms with Crippen LogP contribution < -0.4 is 0 Å². The molecule has 2 aliphatic rings. The van der Waals surface area contributed by atoms with Crippen molar-refractivity contribution in [1.29, 1.82) is 0 Å². The number of hydrogen-bond donors (Lipinski definition) is 0. The molecule has 0 aliphatic heterocycles. The van der Waals surface area contributed by atoms with Gasteiger partial charge >= 0.3 is 0 Å². The molecule has 0 bridgehead atoms. The third-order valence-corrected chi connectivity index (χ3v) is 7.20. The minimum atomic E-state index is 0.788. The van der Waals surface area contributed by atoms with E-state index in [0.717, 1.165) is 17.8 Å². The summed E-state index contributed by atoms with van der Waals surface area (Å²) in [6.07, 6.45) is 27.7. The summed E-state index contributed by atoms with van der Waals surface area (Å²) < 4.78 is 0. The molecule has 0 radical (unpaired) electrons. The summed E-state index contributed by atoms with van der Waals surface area (Å²) >= 11 is 0. The second-order valence-electron chi connectivity index (χ2n) is 9.33. The smallest absolute Gasteiger partial charge is 0.0167 e. The molecule has 0 nitrogen and oxygen atoms in total. The highest BCUT2D eigenvalue weighted by molar-refractivity contribution is 5.74. The van der Waals surface area contributed by atoms with E-state index >= 15 is 0 Å². The summed E-state index contributed by atoms with van der Waals surface area (Å²) in [6.45, 7) is 2.30. The highest BCUT2D eigenvalue weighted by atomic mass is 14.3. The monoisotopic (exact) mass is 378 g/mol. The molecular formula is C28H42. The largest absolute Gasteiger partial charge is 0.0802 e. The van der Waals surface area contributed by atoms with Gasteiger partial charge in [-0.05, 0) is 48.2 Å². The van der Waals surface area contributed by atoms with Gasteiger partial charge in [0.1, 0.15) is 0 Å². The van der Waals surface area contributed by atoms with E-state index in [4.69, 9.17) is 0 Å². The van der Waals surface area contributed by atoms with Crippen molar-refractivity contribution in [3.05, 3.63) is 54.1 Å². The molecule has 0 heterocycles. The van der Waals surface area contributed by atoms with Gasteiger partial charge in [0.15, 0.2) is 0 Å². The lowest BCUT2D eigenvalue weighted by atomic mass is 9.72. The predicted octanol–water partition coefficient (Wildman–Crippen LogP) is 8.98. The fourth-order valence-corrected chi connectivity index (χ4v) is 5.30. The molecule has 0 aromatic heterocycles. The molecule has 3 rings (SSSR count). The Morgan fingerprint density at radius 1 is 0.786 bits per heavy atom. The molecule has 28 heavy (non-hydrogen) atoms. The molecule has 1 unspecified atom stereocenters. The van der Waals surface area contributed by atoms with Gasteiger partial charge in [-0.1, -0.05) is 126 Å². The summed E-state index contributed by atoms with van der Waals surface area (Å²) in [7, 11) is 0. The van der Waals surface area contributed by atoms with E-state index in [0.29, 0.717) is 0 Å². The summed E-state index contributed by atoms with van der Waals surface area (Å²) in [6, 6.07) is 10.8. The first-order valence-electron chi connectivity index (χ1n) is 12.3. The lowest BCUT2D eigenvalue weighted by molar-refractivity contribution is 0.218. The first kappa shape index (κ1) is 21.4. The summed E-state index contributed by atoms with van der Waals surface area (Å²) in [5.41, 5.74) is 2.78. The van der Waals surface area contributed by atoms with Crippen LogP contribution in [0.4, 0.5) is 0 Å². The first-order valence-corrected chi connectivity index (χ1v) is 12.3. The Kier molecular flexibility index (Phi) is 9.41. The molecule has 1 aromatic carbocycles. The van der Waals surface area contributed by atoms with E-state index in [2.05, 4.69) is 55.5 Å². The molecule has 0 N–H and O–H groups in total. The van der Waals surface area contributed by atoms with Crippen LogP contribution >= 0.6 is 0 Å². The Morgan fingerprint density at radius 2 is 1.46 bits per heavy atom. The predicted molar refractivity (Wildman–Crippen MR) is 124 cm³/mol. The minimum absolute atomic E-state index is 0.788. The van der Waals surface area contributed by atoms with Crippen LogP contribution in [-0.2, 0) is 0 Å². The van der Waals surface area contributed by atoms with Crippen molar-refractivity contribution in [3.63, 3.8) is 0 Å². The summed E-state index contributed by atoms with van der Waals surface area (Å²) in [5, 5.41) is 0. The minimum Gasteiger partial charge on any atom is -0.0802 e. The average molecular weight is 379 g/mol. The molecule has 2 aliphatic carbocycles. The van der Waals surface area contributed by atoms with Crippen LogP contribution in [0.1, 0.15) is 102 Å². The topological polar surface area (TPSA) is 0 Å². The Morgan fingerprint density at radius 3 is 2.11 bits per heavy atom. The Labute approximate surface area is 174 Å². The van der Waals surface area contributed by atoms with Gasteiger partial charge in [-0.2, -0.15) is 0 Å². The average Bonchev–Trinajstić information content (AvgIpc) is 2.77. The molecule has 1 atom stereocenters. The van der Waals surface area contributed by atoms with Crippen LogP contribution in [-0.4, -0.2) is 0 Å². The Bertz CT molecular complexity index is 586. The van der Waals surface area contributed by atoms with Crippen molar-refractivity contribution in [1.82, 2.24) is 0 Å². The molecule has 154 valence electrons. The van der Waals surface area contributed by atoms with Crippen molar-refractivity contribution in [2.75, 3.05) is 0 Å². The first-order chi connectivity index (χ1) is 13.9. The van der Waals surface area contributed by atoms with Gasteiger partial charge in [0.25, 0.3) is 0 Å². The van der Waals surface area contributed by atoms with Crippen molar-refractivity contribution in [2.45, 2.75) is 96.8 Å². The van der Waals surface area contributed by atoms with Crippen LogP contribution in [0, 0.1) is 17.8 Å². The van der Waals surface area contributed by atoms with Gasteiger partial charge in [0.2, 0.25) is 0 Å². The molecule has 1 saturated carbocycles. The van der Waals surface area contributed by atoms with Gasteiger partial charge in [0.05, 0.1) is 0 Å². The van der Waals surface area contributed by atoms with E-state index in [9.17, 15) is 0 Å². The molecule has 0 saturated heterocycles. The lowest BCUT2D eigenvalue weighted by Gasteiger charge is -2.33. The van der Waals surface area contributed by atoms with Gasteiger partial charge in [0, 0.05) is 0 Å². The van der Waals surface area contributed by atoms with Gasteiger partial charge in [-0.25, -0.2) is 0 Å². The standard InChI is InChI=1S/C28H42/c1-2-3-4-5-6-7-8-10-13-24-16-18-26(19-17-24)28-22-20-27(21-23-28)25-14-11-9-12-15-25/h9,11-12,14-15,20-22,24,26,28H,2-8,10,13,16-19,23H2,1H3/t24-,26-,28?. The summed E-state index contributed by atoms with van der Waals surface area (Å²) in [4.78, 5) is 0. The fraction of sp³-hybridized carbons (Fsp3) is 0.643. The van der Waals surface area contributed by atoms with Crippen LogP contribution in [0.2, 0.25) is 0 Å². The maximum absolute atomic E-state index is 2.52. The van der Waals surface area contributed by atoms with E-state index in [1.54, 1.807) is 0 Å².